The van der Waals surface area contributed by atoms with Gasteiger partial charge in [0.2, 0.25) is 0 Å². The number of aryl methyl sites for hydroxylation is 2. The Hall–Kier alpha value is -3.58. The average molecular weight is 425 g/mol. The lowest BCUT2D eigenvalue weighted by atomic mass is 9.82. The predicted octanol–water partition coefficient (Wildman–Crippen LogP) is 4.70. The molecule has 0 saturated heterocycles. The van der Waals surface area contributed by atoms with Gasteiger partial charge in [-0.2, -0.15) is 0 Å². The van der Waals surface area contributed by atoms with Gasteiger partial charge in [0.15, 0.2) is 5.60 Å². The second-order valence-electron chi connectivity index (χ2n) is 8.61. The van der Waals surface area contributed by atoms with Gasteiger partial charge < -0.3 is 14.6 Å². The number of nitrogens with one attached hydrogen (secondary N) is 1. The Morgan fingerprint density at radius 2 is 2.06 bits per heavy atom. The van der Waals surface area contributed by atoms with Gasteiger partial charge in [-0.3, -0.25) is 9.98 Å². The highest BCUT2D eigenvalue weighted by Crippen LogP contribution is 2.43. The summed E-state index contributed by atoms with van der Waals surface area (Å²) in [6, 6.07) is 9.61. The Bertz CT molecular complexity index is 1380. The molecule has 0 spiro atoms. The topological polar surface area (TPSA) is 100 Å². The SMILES string of the molecule is Cc1noc(C)c1-c1cc(C(O)(C2=NC=CC2)c2ccccn2)c2nc(C3CC3)[nH]c2c1. The molecule has 2 aliphatic rings. The van der Waals surface area contributed by atoms with E-state index in [9.17, 15) is 5.11 Å². The van der Waals surface area contributed by atoms with E-state index in [1.807, 2.05) is 44.2 Å². The lowest BCUT2D eigenvalue weighted by molar-refractivity contribution is 0.151. The lowest BCUT2D eigenvalue weighted by Gasteiger charge is -2.29. The number of pyridine rings is 1. The monoisotopic (exact) mass is 425 g/mol. The Morgan fingerprint density at radius 1 is 1.19 bits per heavy atom. The first-order chi connectivity index (χ1) is 15.6. The van der Waals surface area contributed by atoms with Gasteiger partial charge in [-0.1, -0.05) is 17.3 Å². The summed E-state index contributed by atoms with van der Waals surface area (Å²) in [4.78, 5) is 17.5. The number of allylic oxidation sites excluding steroid dienone is 1. The molecule has 1 unspecified atom stereocenters. The first-order valence-corrected chi connectivity index (χ1v) is 10.9. The summed E-state index contributed by atoms with van der Waals surface area (Å²) in [5.41, 5.74) is 4.55. The second kappa shape index (κ2) is 6.97. The van der Waals surface area contributed by atoms with Crippen molar-refractivity contribution < 1.29 is 9.63 Å². The summed E-state index contributed by atoms with van der Waals surface area (Å²) in [7, 11) is 0. The lowest BCUT2D eigenvalue weighted by Crippen LogP contribution is -2.37. The molecule has 0 amide bonds. The van der Waals surface area contributed by atoms with Gasteiger partial charge in [0, 0.05) is 35.9 Å². The van der Waals surface area contributed by atoms with Crippen molar-refractivity contribution in [2.24, 2.45) is 4.99 Å². The van der Waals surface area contributed by atoms with Crippen LogP contribution in [0.4, 0.5) is 0 Å². The fraction of sp³-hybridized carbons (Fsp3) is 0.280. The van der Waals surface area contributed by atoms with Crippen molar-refractivity contribution in [2.75, 3.05) is 0 Å². The van der Waals surface area contributed by atoms with Crippen molar-refractivity contribution in [3.05, 3.63) is 77.3 Å². The molecule has 3 aromatic heterocycles. The number of aromatic nitrogens is 4. The molecule has 160 valence electrons. The number of rotatable bonds is 5. The van der Waals surface area contributed by atoms with Crippen LogP contribution < -0.4 is 0 Å². The Morgan fingerprint density at radius 3 is 2.72 bits per heavy atom. The maximum atomic E-state index is 12.3. The number of aromatic amines is 1. The summed E-state index contributed by atoms with van der Waals surface area (Å²) < 4.78 is 5.44. The molecule has 7 heteroatoms. The van der Waals surface area contributed by atoms with Crippen LogP contribution in [0, 0.1) is 13.8 Å². The van der Waals surface area contributed by atoms with Crippen molar-refractivity contribution >= 4 is 16.7 Å². The summed E-state index contributed by atoms with van der Waals surface area (Å²) in [6.07, 6.45) is 8.18. The number of hydrogen-bond donors (Lipinski definition) is 2. The minimum absolute atomic E-state index is 0.450. The van der Waals surface area contributed by atoms with Gasteiger partial charge in [-0.25, -0.2) is 4.98 Å². The van der Waals surface area contributed by atoms with E-state index in [2.05, 4.69) is 26.2 Å². The third kappa shape index (κ3) is 2.85. The molecular weight excluding hydrogens is 402 g/mol. The maximum absolute atomic E-state index is 12.3. The minimum Gasteiger partial charge on any atom is -0.373 e. The summed E-state index contributed by atoms with van der Waals surface area (Å²) in [6.45, 7) is 3.83. The number of hydrogen-bond acceptors (Lipinski definition) is 6. The zero-order valence-corrected chi connectivity index (χ0v) is 18.0. The smallest absolute Gasteiger partial charge is 0.172 e. The quantitative estimate of drug-likeness (QED) is 0.483. The Labute approximate surface area is 184 Å². The van der Waals surface area contributed by atoms with Crippen LogP contribution in [0.2, 0.25) is 0 Å². The number of aliphatic imine (C=N–C) groups is 1. The van der Waals surface area contributed by atoms with Crippen molar-refractivity contribution in [3.8, 4) is 11.1 Å². The van der Waals surface area contributed by atoms with Crippen LogP contribution >= 0.6 is 0 Å². The molecule has 4 aromatic rings. The number of benzene rings is 1. The van der Waals surface area contributed by atoms with Crippen LogP contribution in [0.15, 0.2) is 58.3 Å². The standard InChI is InChI=1S/C25H23N5O2/c1-14-22(15(2)32-30-14)17-12-18(23-19(13-17)28-24(29-23)16-8-9-16)25(31,21-7-5-11-27-21)20-6-3-4-10-26-20/h3-6,10-13,16,31H,7-9H2,1-2H3,(H,28,29). The first-order valence-electron chi connectivity index (χ1n) is 10.9. The van der Waals surface area contributed by atoms with Crippen LogP contribution in [0.5, 0.6) is 0 Å². The van der Waals surface area contributed by atoms with E-state index in [1.165, 1.54) is 0 Å². The van der Waals surface area contributed by atoms with E-state index >= 15 is 0 Å². The number of fused-ring (bicyclic) bond motifs is 1. The fourth-order valence-electron chi connectivity index (χ4n) is 4.62. The van der Waals surface area contributed by atoms with E-state index in [0.717, 1.165) is 52.3 Å². The molecule has 1 aromatic carbocycles. The van der Waals surface area contributed by atoms with Gasteiger partial charge in [0.25, 0.3) is 0 Å². The third-order valence-corrected chi connectivity index (χ3v) is 6.38. The maximum Gasteiger partial charge on any atom is 0.172 e. The minimum atomic E-state index is -1.52. The summed E-state index contributed by atoms with van der Waals surface area (Å²) in [5, 5.41) is 16.5. The zero-order chi connectivity index (χ0) is 21.9. The molecule has 1 aliphatic heterocycles. The van der Waals surface area contributed by atoms with Gasteiger partial charge in [-0.15, -0.1) is 0 Å². The molecule has 4 heterocycles. The molecule has 2 N–H and O–H groups in total. The van der Waals surface area contributed by atoms with E-state index in [1.54, 1.807) is 12.4 Å². The number of nitrogens with zero attached hydrogens (tertiary/aromatic N) is 4. The van der Waals surface area contributed by atoms with Gasteiger partial charge in [0.1, 0.15) is 11.6 Å². The molecule has 6 rings (SSSR count). The Balaban J connectivity index is 1.67. The van der Waals surface area contributed by atoms with E-state index < -0.39 is 5.60 Å². The van der Waals surface area contributed by atoms with Crippen molar-refractivity contribution in [1.29, 1.82) is 0 Å². The number of imidazole rings is 1. The molecule has 32 heavy (non-hydrogen) atoms. The van der Waals surface area contributed by atoms with E-state index in [0.29, 0.717) is 29.3 Å². The van der Waals surface area contributed by atoms with E-state index in [-0.39, 0.29) is 0 Å². The highest BCUT2D eigenvalue weighted by atomic mass is 16.5. The molecule has 0 radical (unpaired) electrons. The van der Waals surface area contributed by atoms with Crippen molar-refractivity contribution in [1.82, 2.24) is 20.1 Å². The van der Waals surface area contributed by atoms with Crippen LogP contribution in [-0.4, -0.2) is 30.9 Å². The van der Waals surface area contributed by atoms with Gasteiger partial charge in [-0.05, 0) is 56.5 Å². The third-order valence-electron chi connectivity index (χ3n) is 6.38. The second-order valence-corrected chi connectivity index (χ2v) is 8.61. The van der Waals surface area contributed by atoms with Crippen LogP contribution in [0.1, 0.15) is 53.7 Å². The van der Waals surface area contributed by atoms with E-state index in [4.69, 9.17) is 9.51 Å². The van der Waals surface area contributed by atoms with Crippen LogP contribution in [0.25, 0.3) is 22.2 Å². The molecule has 1 saturated carbocycles. The molecule has 1 atom stereocenters. The first kappa shape index (κ1) is 19.1. The Kier molecular flexibility index (Phi) is 4.16. The molecule has 1 fully saturated rings. The van der Waals surface area contributed by atoms with Crippen LogP contribution in [0.3, 0.4) is 0 Å². The van der Waals surface area contributed by atoms with Crippen molar-refractivity contribution in [2.45, 2.75) is 44.6 Å². The van der Waals surface area contributed by atoms with Crippen molar-refractivity contribution in [3.63, 3.8) is 0 Å². The zero-order valence-electron chi connectivity index (χ0n) is 18.0. The number of aliphatic hydroxyl groups is 1. The van der Waals surface area contributed by atoms with Gasteiger partial charge in [0.05, 0.1) is 28.1 Å². The average Bonchev–Trinajstić information content (AvgIpc) is 3.19. The largest absolute Gasteiger partial charge is 0.373 e. The molecule has 1 aliphatic carbocycles. The highest BCUT2D eigenvalue weighted by molar-refractivity contribution is 6.02. The molecular formula is C25H23N5O2. The summed E-state index contributed by atoms with van der Waals surface area (Å²) >= 11 is 0. The highest BCUT2D eigenvalue weighted by Gasteiger charge is 2.42. The fourth-order valence-corrected chi connectivity index (χ4v) is 4.62. The summed E-state index contributed by atoms with van der Waals surface area (Å²) in [5.74, 6) is 2.15. The molecule has 0 bridgehead atoms. The van der Waals surface area contributed by atoms with Gasteiger partial charge >= 0.3 is 0 Å². The normalized spacial score (nSPS) is 17.7. The molecule has 7 nitrogen and oxygen atoms in total. The predicted molar refractivity (Wildman–Crippen MR) is 121 cm³/mol. The number of H-pyrrole nitrogens is 1. The van der Waals surface area contributed by atoms with Crippen LogP contribution in [-0.2, 0) is 5.60 Å².